The van der Waals surface area contributed by atoms with Crippen LogP contribution in [0, 0.1) is 0 Å². The van der Waals surface area contributed by atoms with Crippen LogP contribution in [0.5, 0.6) is 0 Å². The van der Waals surface area contributed by atoms with Crippen LogP contribution in [0.4, 0.5) is 5.95 Å². The Morgan fingerprint density at radius 2 is 2.14 bits per heavy atom. The lowest BCUT2D eigenvalue weighted by Gasteiger charge is -2.10. The van der Waals surface area contributed by atoms with Crippen molar-refractivity contribution >= 4 is 17.7 Å². The molecule has 0 aliphatic rings. The van der Waals surface area contributed by atoms with Gasteiger partial charge in [0.05, 0.1) is 0 Å². The third kappa shape index (κ3) is 2.88. The van der Waals surface area contributed by atoms with Crippen molar-refractivity contribution in [3.63, 3.8) is 0 Å². The molecule has 0 aromatic carbocycles. The number of nitrogens with two attached hydrogens (primary N) is 1. The fraction of sp³-hybridized carbons (Fsp3) is 0.750. The Hall–Kier alpha value is -0.750. The van der Waals surface area contributed by atoms with E-state index < -0.39 is 0 Å². The van der Waals surface area contributed by atoms with Crippen LogP contribution in [-0.2, 0) is 6.54 Å². The summed E-state index contributed by atoms with van der Waals surface area (Å²) in [5.74, 6) is 0.508. The van der Waals surface area contributed by atoms with E-state index >= 15 is 0 Å². The molecule has 0 spiro atoms. The van der Waals surface area contributed by atoms with Crippen LogP contribution >= 0.6 is 11.8 Å². The molecule has 0 saturated heterocycles. The lowest BCUT2D eigenvalue weighted by Crippen LogP contribution is -2.16. The molecule has 0 radical (unpaired) electrons. The van der Waals surface area contributed by atoms with E-state index in [2.05, 4.69) is 29.2 Å². The van der Waals surface area contributed by atoms with Crippen LogP contribution < -0.4 is 5.73 Å². The molecule has 1 aromatic heterocycles. The van der Waals surface area contributed by atoms with Gasteiger partial charge in [-0.15, -0.1) is 10.2 Å². The molecule has 0 fully saturated rings. The van der Waals surface area contributed by atoms with Crippen LogP contribution in [0.3, 0.4) is 0 Å². The monoisotopic (exact) mass is 215 g/mol. The number of aromatic nitrogens is 3. The van der Waals surface area contributed by atoms with E-state index in [1.165, 1.54) is 0 Å². The number of thioether (sulfide) groups is 1. The Kier molecular flexibility index (Phi) is 4.21. The minimum Gasteiger partial charge on any atom is -0.368 e. The molecule has 1 aromatic rings. The molecule has 0 bridgehead atoms. The first kappa shape index (κ1) is 11.3. The van der Waals surface area contributed by atoms with Gasteiger partial charge in [-0.25, -0.2) is 0 Å². The van der Waals surface area contributed by atoms with Gasteiger partial charge in [0.15, 0.2) is 5.16 Å². The van der Waals surface area contributed by atoms with E-state index in [-0.39, 0.29) is 0 Å². The van der Waals surface area contributed by atoms with Crippen molar-refractivity contribution in [3.05, 3.63) is 0 Å². The van der Waals surface area contributed by atoms with Crippen molar-refractivity contribution in [2.75, 3.05) is 32.6 Å². The van der Waals surface area contributed by atoms with Gasteiger partial charge in [0, 0.05) is 6.54 Å². The van der Waals surface area contributed by atoms with Crippen molar-refractivity contribution < 1.29 is 0 Å². The van der Waals surface area contributed by atoms with Gasteiger partial charge in [0.2, 0.25) is 5.95 Å². The highest BCUT2D eigenvalue weighted by molar-refractivity contribution is 7.98. The molecule has 1 heterocycles. The Morgan fingerprint density at radius 1 is 1.43 bits per heavy atom. The molecule has 0 amide bonds. The van der Waals surface area contributed by atoms with Crippen LogP contribution in [0.15, 0.2) is 5.16 Å². The number of hydrogen-bond donors (Lipinski definition) is 1. The fourth-order valence-corrected chi connectivity index (χ4v) is 1.73. The molecule has 0 atom stereocenters. The van der Waals surface area contributed by atoms with Gasteiger partial charge >= 0.3 is 0 Å². The van der Waals surface area contributed by atoms with E-state index in [1.807, 2.05) is 10.8 Å². The zero-order chi connectivity index (χ0) is 10.6. The van der Waals surface area contributed by atoms with Gasteiger partial charge in [-0.05, 0) is 33.3 Å². The van der Waals surface area contributed by atoms with Gasteiger partial charge in [-0.2, -0.15) is 0 Å². The molecule has 0 unspecified atom stereocenters. The van der Waals surface area contributed by atoms with E-state index in [1.54, 1.807) is 11.8 Å². The standard InChI is InChI=1S/C8H17N5S/c1-12(2)5-4-6-13-7(9)10-11-8(13)14-3/h4-6H2,1-3H3,(H2,9,10). The largest absolute Gasteiger partial charge is 0.368 e. The average molecular weight is 215 g/mol. The van der Waals surface area contributed by atoms with Crippen LogP contribution in [0.25, 0.3) is 0 Å². The number of hydrogen-bond acceptors (Lipinski definition) is 5. The zero-order valence-corrected chi connectivity index (χ0v) is 9.71. The second-order valence-electron chi connectivity index (χ2n) is 3.35. The molecule has 0 aliphatic carbocycles. The van der Waals surface area contributed by atoms with E-state index in [9.17, 15) is 0 Å². The van der Waals surface area contributed by atoms with Crippen molar-refractivity contribution in [1.29, 1.82) is 0 Å². The molecule has 2 N–H and O–H groups in total. The van der Waals surface area contributed by atoms with Crippen LogP contribution in [0.1, 0.15) is 6.42 Å². The smallest absolute Gasteiger partial charge is 0.222 e. The summed E-state index contributed by atoms with van der Waals surface area (Å²) in [6.07, 6.45) is 3.04. The van der Waals surface area contributed by atoms with Gasteiger partial charge < -0.3 is 10.6 Å². The summed E-state index contributed by atoms with van der Waals surface area (Å²) < 4.78 is 1.95. The average Bonchev–Trinajstić information content (AvgIpc) is 2.47. The molecular formula is C8H17N5S. The van der Waals surface area contributed by atoms with E-state index in [0.717, 1.165) is 24.7 Å². The summed E-state index contributed by atoms with van der Waals surface area (Å²) in [6.45, 7) is 1.93. The maximum Gasteiger partial charge on any atom is 0.222 e. The number of rotatable bonds is 5. The SMILES string of the molecule is CSc1nnc(N)n1CCCN(C)C. The molecule has 80 valence electrons. The van der Waals surface area contributed by atoms with Gasteiger partial charge in [-0.1, -0.05) is 11.8 Å². The van der Waals surface area contributed by atoms with Gasteiger partial charge in [-0.3, -0.25) is 4.57 Å². The third-order valence-electron chi connectivity index (χ3n) is 1.92. The molecule has 1 rings (SSSR count). The maximum atomic E-state index is 5.70. The van der Waals surface area contributed by atoms with E-state index in [0.29, 0.717) is 5.95 Å². The quantitative estimate of drug-likeness (QED) is 0.726. The number of anilines is 1. The second-order valence-corrected chi connectivity index (χ2v) is 4.13. The summed E-state index contributed by atoms with van der Waals surface area (Å²) in [6, 6.07) is 0. The highest BCUT2D eigenvalue weighted by Gasteiger charge is 2.07. The fourth-order valence-electron chi connectivity index (χ4n) is 1.21. The minimum absolute atomic E-state index is 0.508. The van der Waals surface area contributed by atoms with Crippen LogP contribution in [-0.4, -0.2) is 46.6 Å². The molecular weight excluding hydrogens is 198 g/mol. The first-order valence-corrected chi connectivity index (χ1v) is 5.75. The van der Waals surface area contributed by atoms with Crippen LogP contribution in [0.2, 0.25) is 0 Å². The van der Waals surface area contributed by atoms with Gasteiger partial charge in [0.1, 0.15) is 0 Å². The highest BCUT2D eigenvalue weighted by atomic mass is 32.2. The zero-order valence-electron chi connectivity index (χ0n) is 8.90. The Labute approximate surface area is 88.7 Å². The minimum atomic E-state index is 0.508. The second kappa shape index (κ2) is 5.21. The van der Waals surface area contributed by atoms with Crippen molar-refractivity contribution in [3.8, 4) is 0 Å². The van der Waals surface area contributed by atoms with Gasteiger partial charge in [0.25, 0.3) is 0 Å². The first-order valence-electron chi connectivity index (χ1n) is 4.52. The van der Waals surface area contributed by atoms with E-state index in [4.69, 9.17) is 5.73 Å². The third-order valence-corrected chi connectivity index (χ3v) is 2.58. The molecule has 0 aliphatic heterocycles. The predicted molar refractivity (Wildman–Crippen MR) is 59.4 cm³/mol. The summed E-state index contributed by atoms with van der Waals surface area (Å²) in [4.78, 5) is 2.15. The van der Waals surface area contributed by atoms with Crippen molar-refractivity contribution in [1.82, 2.24) is 19.7 Å². The predicted octanol–water partition coefficient (Wildman–Crippen LogP) is 0.534. The Bertz CT molecular complexity index is 283. The lowest BCUT2D eigenvalue weighted by molar-refractivity contribution is 0.383. The number of nitrogen functional groups attached to an aromatic ring is 1. The summed E-state index contributed by atoms with van der Waals surface area (Å²) in [7, 11) is 4.12. The lowest BCUT2D eigenvalue weighted by atomic mass is 10.4. The molecule has 6 heteroatoms. The van der Waals surface area contributed by atoms with Crippen molar-refractivity contribution in [2.45, 2.75) is 18.1 Å². The normalized spacial score (nSPS) is 11.1. The molecule has 5 nitrogen and oxygen atoms in total. The first-order chi connectivity index (χ1) is 6.65. The Morgan fingerprint density at radius 3 is 2.71 bits per heavy atom. The summed E-state index contributed by atoms with van der Waals surface area (Å²) in [5.41, 5.74) is 5.70. The maximum absolute atomic E-state index is 5.70. The summed E-state index contributed by atoms with van der Waals surface area (Å²) in [5, 5.41) is 8.70. The Balaban J connectivity index is 2.52. The highest BCUT2D eigenvalue weighted by Crippen LogP contribution is 2.14. The van der Waals surface area contributed by atoms with Crippen molar-refractivity contribution in [2.24, 2.45) is 0 Å². The number of nitrogens with zero attached hydrogens (tertiary/aromatic N) is 4. The molecule has 14 heavy (non-hydrogen) atoms. The summed E-state index contributed by atoms with van der Waals surface area (Å²) >= 11 is 1.57. The molecule has 0 saturated carbocycles. The topological polar surface area (TPSA) is 60.0 Å².